The van der Waals surface area contributed by atoms with Crippen LogP contribution in [0.2, 0.25) is 0 Å². The van der Waals surface area contributed by atoms with E-state index in [-0.39, 0.29) is 24.4 Å². The third-order valence-corrected chi connectivity index (χ3v) is 8.47. The van der Waals surface area contributed by atoms with Gasteiger partial charge < -0.3 is 29.0 Å². The van der Waals surface area contributed by atoms with Crippen LogP contribution in [-0.4, -0.2) is 52.4 Å². The molecule has 1 aliphatic carbocycles. The first-order chi connectivity index (χ1) is 18.4. The van der Waals surface area contributed by atoms with Crippen LogP contribution in [0.1, 0.15) is 54.9 Å². The van der Waals surface area contributed by atoms with E-state index < -0.39 is 11.9 Å². The highest BCUT2D eigenvalue weighted by atomic mass is 32.1. The van der Waals surface area contributed by atoms with E-state index in [9.17, 15) is 9.59 Å². The van der Waals surface area contributed by atoms with Gasteiger partial charge in [0.25, 0.3) is 0 Å². The van der Waals surface area contributed by atoms with E-state index in [0.717, 1.165) is 18.5 Å². The second-order valence-corrected chi connectivity index (χ2v) is 10.7. The first-order valence-electron chi connectivity index (χ1n) is 12.8. The zero-order valence-corrected chi connectivity index (χ0v) is 22.9. The molecule has 1 N–H and O–H groups in total. The summed E-state index contributed by atoms with van der Waals surface area (Å²) in [4.78, 5) is 28.6. The van der Waals surface area contributed by atoms with Gasteiger partial charge in [-0.1, -0.05) is 6.07 Å². The standard InChI is InChI=1S/C29H33NO7S/c1-16-25(29(32)37-15-19-7-5-9-36-19)26(18-13-22(33-2)28(35-4)23(14-18)34-3)27-20(30-16)11-17(12-21(27)31)24-8-6-10-38-24/h6,8,10,13-14,17,19,26,30H,5,7,9,11-12,15H2,1-4H3/t17-,19+,26+/m0/s1. The summed E-state index contributed by atoms with van der Waals surface area (Å²) in [6.07, 6.45) is 2.76. The lowest BCUT2D eigenvalue weighted by molar-refractivity contribution is -0.142. The zero-order valence-electron chi connectivity index (χ0n) is 22.1. The number of rotatable bonds is 8. The molecule has 38 heavy (non-hydrogen) atoms. The molecule has 0 bridgehead atoms. The van der Waals surface area contributed by atoms with Crippen LogP contribution in [0, 0.1) is 0 Å². The fourth-order valence-corrected chi connectivity index (χ4v) is 6.49. The summed E-state index contributed by atoms with van der Waals surface area (Å²) in [5, 5.41) is 5.43. The van der Waals surface area contributed by atoms with Gasteiger partial charge >= 0.3 is 5.97 Å². The lowest BCUT2D eigenvalue weighted by Gasteiger charge is -2.36. The third kappa shape index (κ3) is 4.92. The monoisotopic (exact) mass is 539 g/mol. The third-order valence-electron chi connectivity index (χ3n) is 7.44. The van der Waals surface area contributed by atoms with Crippen LogP contribution in [0.3, 0.4) is 0 Å². The van der Waals surface area contributed by atoms with Gasteiger partial charge in [0.1, 0.15) is 6.61 Å². The van der Waals surface area contributed by atoms with Crippen molar-refractivity contribution in [3.8, 4) is 17.2 Å². The van der Waals surface area contributed by atoms with Gasteiger partial charge in [-0.25, -0.2) is 4.79 Å². The summed E-state index contributed by atoms with van der Waals surface area (Å²) >= 11 is 1.66. The fourth-order valence-electron chi connectivity index (χ4n) is 5.66. The largest absolute Gasteiger partial charge is 0.493 e. The van der Waals surface area contributed by atoms with Crippen LogP contribution in [0.4, 0.5) is 0 Å². The van der Waals surface area contributed by atoms with Crippen molar-refractivity contribution in [2.45, 2.75) is 50.5 Å². The van der Waals surface area contributed by atoms with E-state index in [1.165, 1.54) is 4.88 Å². The molecule has 1 saturated heterocycles. The molecular weight excluding hydrogens is 506 g/mol. The van der Waals surface area contributed by atoms with E-state index in [1.807, 2.05) is 18.4 Å². The van der Waals surface area contributed by atoms with Gasteiger partial charge in [-0.2, -0.15) is 0 Å². The average Bonchev–Trinajstić information content (AvgIpc) is 3.65. The van der Waals surface area contributed by atoms with E-state index >= 15 is 0 Å². The fraction of sp³-hybridized carbons (Fsp3) is 0.448. The number of Topliss-reactive ketones (excluding diaryl/α,β-unsaturated/α-hetero) is 1. The number of ether oxygens (including phenoxy) is 5. The Hall–Kier alpha value is -3.30. The maximum Gasteiger partial charge on any atom is 0.336 e. The number of esters is 1. The van der Waals surface area contributed by atoms with Gasteiger partial charge in [0, 0.05) is 46.7 Å². The van der Waals surface area contributed by atoms with Crippen LogP contribution < -0.4 is 19.5 Å². The molecule has 2 aliphatic heterocycles. The number of methoxy groups -OCH3 is 3. The second-order valence-electron chi connectivity index (χ2n) is 9.72. The molecule has 0 radical (unpaired) electrons. The Bertz CT molecular complexity index is 1250. The Balaban J connectivity index is 1.58. The molecule has 0 saturated carbocycles. The Morgan fingerprint density at radius 3 is 2.50 bits per heavy atom. The van der Waals surface area contributed by atoms with Crippen molar-refractivity contribution in [3.05, 3.63) is 62.6 Å². The van der Waals surface area contributed by atoms with E-state index in [4.69, 9.17) is 23.7 Å². The van der Waals surface area contributed by atoms with Crippen molar-refractivity contribution < 1.29 is 33.3 Å². The summed E-state index contributed by atoms with van der Waals surface area (Å²) in [5.74, 6) is 0.331. The topological polar surface area (TPSA) is 92.3 Å². The van der Waals surface area contributed by atoms with Gasteiger partial charge in [0.15, 0.2) is 17.3 Å². The number of hydrogen-bond donors (Lipinski definition) is 1. The highest BCUT2D eigenvalue weighted by molar-refractivity contribution is 7.10. The minimum atomic E-state index is -0.645. The summed E-state index contributed by atoms with van der Waals surface area (Å²) in [5.41, 5.74) is 3.19. The van der Waals surface area contributed by atoms with E-state index in [2.05, 4.69) is 11.4 Å². The van der Waals surface area contributed by atoms with Gasteiger partial charge in [-0.15, -0.1) is 11.3 Å². The SMILES string of the molecule is COc1cc([C@@H]2C(C(=O)OC[C@H]3CCCO3)=C(C)NC3=C2C(=O)C[C@@H](c2cccs2)C3)cc(OC)c1OC. The van der Waals surface area contributed by atoms with Gasteiger partial charge in [0.2, 0.25) is 5.75 Å². The van der Waals surface area contributed by atoms with Crippen LogP contribution >= 0.6 is 11.3 Å². The highest BCUT2D eigenvalue weighted by Crippen LogP contribution is 2.49. The molecule has 3 heterocycles. The molecule has 0 unspecified atom stereocenters. The molecule has 0 amide bonds. The zero-order chi connectivity index (χ0) is 26.8. The van der Waals surface area contributed by atoms with Crippen molar-refractivity contribution in [1.29, 1.82) is 0 Å². The second kappa shape index (κ2) is 11.2. The quantitative estimate of drug-likeness (QED) is 0.476. The number of dihydropyridines is 1. The molecule has 3 atom stereocenters. The Kier molecular flexibility index (Phi) is 7.76. The Morgan fingerprint density at radius 2 is 1.89 bits per heavy atom. The predicted octanol–water partition coefficient (Wildman–Crippen LogP) is 4.86. The van der Waals surface area contributed by atoms with Crippen LogP contribution in [0.25, 0.3) is 0 Å². The lowest BCUT2D eigenvalue weighted by atomic mass is 9.72. The van der Waals surface area contributed by atoms with Crippen LogP contribution in [0.5, 0.6) is 17.2 Å². The average molecular weight is 540 g/mol. The minimum absolute atomic E-state index is 0.00725. The predicted molar refractivity (Wildman–Crippen MR) is 143 cm³/mol. The van der Waals surface area contributed by atoms with Crippen molar-refractivity contribution in [1.82, 2.24) is 5.32 Å². The molecule has 1 aromatic carbocycles. The lowest BCUT2D eigenvalue weighted by Crippen LogP contribution is -2.36. The molecule has 9 heteroatoms. The molecule has 202 valence electrons. The van der Waals surface area contributed by atoms with Gasteiger partial charge in [-0.3, -0.25) is 4.79 Å². The minimum Gasteiger partial charge on any atom is -0.493 e. The molecule has 0 spiro atoms. The maximum atomic E-state index is 13.8. The maximum absolute atomic E-state index is 13.8. The Morgan fingerprint density at radius 1 is 1.13 bits per heavy atom. The molecular formula is C29H33NO7S. The van der Waals surface area contributed by atoms with Crippen LogP contribution in [0.15, 0.2) is 52.2 Å². The van der Waals surface area contributed by atoms with Gasteiger partial charge in [-0.05, 0) is 55.3 Å². The van der Waals surface area contributed by atoms with E-state index in [0.29, 0.717) is 59.1 Å². The number of carbonyl (C=O) groups is 2. The first kappa shape index (κ1) is 26.3. The number of ketones is 1. The normalized spacial score (nSPS) is 23.2. The van der Waals surface area contributed by atoms with Crippen molar-refractivity contribution in [2.24, 2.45) is 0 Å². The molecule has 3 aliphatic rings. The number of allylic oxidation sites excluding steroid dienone is 3. The van der Waals surface area contributed by atoms with E-state index in [1.54, 1.807) is 44.8 Å². The summed E-state index contributed by atoms with van der Waals surface area (Å²) < 4.78 is 28.1. The Labute approximate surface area is 226 Å². The molecule has 5 rings (SSSR count). The molecule has 8 nitrogen and oxygen atoms in total. The number of carbonyl (C=O) groups excluding carboxylic acids is 2. The molecule has 1 aromatic heterocycles. The number of nitrogens with one attached hydrogen (secondary N) is 1. The summed E-state index contributed by atoms with van der Waals surface area (Å²) in [6, 6.07) is 7.70. The number of hydrogen-bond acceptors (Lipinski definition) is 9. The van der Waals surface area contributed by atoms with Crippen molar-refractivity contribution in [3.63, 3.8) is 0 Å². The smallest absolute Gasteiger partial charge is 0.336 e. The summed E-state index contributed by atoms with van der Waals surface area (Å²) in [6.45, 7) is 2.71. The molecule has 2 aromatic rings. The highest BCUT2D eigenvalue weighted by Gasteiger charge is 2.42. The number of thiophene rings is 1. The number of benzene rings is 1. The van der Waals surface area contributed by atoms with Crippen LogP contribution in [-0.2, 0) is 19.1 Å². The molecule has 1 fully saturated rings. The first-order valence-corrected chi connectivity index (χ1v) is 13.7. The van der Waals surface area contributed by atoms with Crippen molar-refractivity contribution in [2.75, 3.05) is 34.5 Å². The van der Waals surface area contributed by atoms with Gasteiger partial charge in [0.05, 0.1) is 33.0 Å². The van der Waals surface area contributed by atoms with Crippen molar-refractivity contribution >= 4 is 23.1 Å². The summed E-state index contributed by atoms with van der Waals surface area (Å²) in [7, 11) is 4.63.